The first-order chi connectivity index (χ1) is 4.48. The molecule has 58 valence electrons. The van der Waals surface area contributed by atoms with Crippen LogP contribution >= 0.6 is 9.24 Å². The monoisotopic (exact) mass is 156 g/mol. The molecule has 0 nitrogen and oxygen atoms in total. The quantitative estimate of drug-likeness (QED) is 0.435. The van der Waals surface area contributed by atoms with Gasteiger partial charge in [-0.3, -0.25) is 0 Å². The zero-order chi connectivity index (χ0) is 8.20. The lowest BCUT2D eigenvalue weighted by molar-refractivity contribution is 0.377. The van der Waals surface area contributed by atoms with E-state index in [9.17, 15) is 0 Å². The standard InChI is InChI=1S/C8H18BP/c1-8(2,3)7(10)5-4-6-9/h7H,4-6,10H2,1-3H3/t7-/m0/s1. The van der Waals surface area contributed by atoms with Crippen molar-refractivity contribution in [3.63, 3.8) is 0 Å². The van der Waals surface area contributed by atoms with Crippen molar-refractivity contribution in [1.29, 1.82) is 0 Å². The van der Waals surface area contributed by atoms with Gasteiger partial charge in [0, 0.05) is 0 Å². The highest BCUT2D eigenvalue weighted by atomic mass is 31.0. The number of rotatable bonds is 3. The van der Waals surface area contributed by atoms with E-state index in [0.717, 1.165) is 12.7 Å². The summed E-state index contributed by atoms with van der Waals surface area (Å²) in [6, 6.07) is 0. The van der Waals surface area contributed by atoms with Gasteiger partial charge in [0.1, 0.15) is 0 Å². The van der Waals surface area contributed by atoms with Crippen LogP contribution in [0.3, 0.4) is 0 Å². The van der Waals surface area contributed by atoms with Gasteiger partial charge in [0.15, 0.2) is 0 Å². The Morgan fingerprint density at radius 2 is 1.90 bits per heavy atom. The summed E-state index contributed by atoms with van der Waals surface area (Å²) >= 11 is 0. The second kappa shape index (κ2) is 4.39. The van der Waals surface area contributed by atoms with E-state index >= 15 is 0 Å². The molecule has 0 bridgehead atoms. The molecule has 0 saturated carbocycles. The van der Waals surface area contributed by atoms with Crippen LogP contribution in [-0.4, -0.2) is 13.5 Å². The molecule has 10 heavy (non-hydrogen) atoms. The largest absolute Gasteiger partial charge is 0.134 e. The Balaban J connectivity index is 3.52. The van der Waals surface area contributed by atoms with Crippen molar-refractivity contribution in [1.82, 2.24) is 0 Å². The average Bonchev–Trinajstić information content (AvgIpc) is 1.80. The lowest BCUT2D eigenvalue weighted by Crippen LogP contribution is -2.19. The van der Waals surface area contributed by atoms with Gasteiger partial charge < -0.3 is 0 Å². The van der Waals surface area contributed by atoms with Crippen molar-refractivity contribution in [3.05, 3.63) is 0 Å². The highest BCUT2D eigenvalue weighted by Gasteiger charge is 2.18. The minimum absolute atomic E-state index is 0.417. The van der Waals surface area contributed by atoms with E-state index in [4.69, 9.17) is 7.85 Å². The molecular formula is C8H18BP. The summed E-state index contributed by atoms with van der Waals surface area (Å²) in [4.78, 5) is 0. The van der Waals surface area contributed by atoms with Crippen LogP contribution in [0, 0.1) is 5.41 Å². The molecule has 0 spiro atoms. The molecule has 2 heteroatoms. The minimum atomic E-state index is 0.417. The van der Waals surface area contributed by atoms with Crippen molar-refractivity contribution in [2.24, 2.45) is 5.41 Å². The van der Waals surface area contributed by atoms with Gasteiger partial charge in [0.25, 0.3) is 0 Å². The van der Waals surface area contributed by atoms with Crippen LogP contribution in [0.5, 0.6) is 0 Å². The summed E-state index contributed by atoms with van der Waals surface area (Å²) in [5.41, 5.74) is 1.12. The van der Waals surface area contributed by atoms with Gasteiger partial charge in [-0.1, -0.05) is 33.5 Å². The Bertz CT molecular complexity index is 85.7. The highest BCUT2D eigenvalue weighted by Crippen LogP contribution is 2.29. The van der Waals surface area contributed by atoms with E-state index in [0.29, 0.717) is 11.1 Å². The third-order valence-electron chi connectivity index (χ3n) is 1.83. The Kier molecular flexibility index (Phi) is 4.61. The molecule has 0 heterocycles. The topological polar surface area (TPSA) is 0 Å². The van der Waals surface area contributed by atoms with Gasteiger partial charge in [-0.25, -0.2) is 0 Å². The lowest BCUT2D eigenvalue weighted by Gasteiger charge is -2.26. The molecule has 0 aliphatic heterocycles. The fourth-order valence-electron chi connectivity index (χ4n) is 0.771. The summed E-state index contributed by atoms with van der Waals surface area (Å²) in [6.45, 7) is 6.80. The first-order valence-corrected chi connectivity index (χ1v) is 4.61. The third kappa shape index (κ3) is 4.33. The Labute approximate surface area is 68.8 Å². The van der Waals surface area contributed by atoms with Gasteiger partial charge in [-0.05, 0) is 17.5 Å². The van der Waals surface area contributed by atoms with Crippen molar-refractivity contribution in [2.75, 3.05) is 0 Å². The zero-order valence-corrected chi connectivity index (χ0v) is 8.51. The van der Waals surface area contributed by atoms with Gasteiger partial charge in [0.2, 0.25) is 0 Å². The Morgan fingerprint density at radius 1 is 1.40 bits per heavy atom. The normalized spacial score (nSPS) is 15.2. The molecule has 2 atom stereocenters. The van der Waals surface area contributed by atoms with E-state index < -0.39 is 0 Å². The Morgan fingerprint density at radius 3 is 2.20 bits per heavy atom. The van der Waals surface area contributed by atoms with E-state index in [2.05, 4.69) is 30.0 Å². The van der Waals surface area contributed by atoms with Crippen LogP contribution in [0.1, 0.15) is 33.6 Å². The molecule has 0 saturated heterocycles. The van der Waals surface area contributed by atoms with Gasteiger partial charge in [0.05, 0.1) is 7.85 Å². The first-order valence-electron chi connectivity index (χ1n) is 3.94. The fourth-order valence-corrected chi connectivity index (χ4v) is 1.01. The number of hydrogen-bond acceptors (Lipinski definition) is 0. The predicted molar refractivity (Wildman–Crippen MR) is 52.7 cm³/mol. The summed E-state index contributed by atoms with van der Waals surface area (Å²) < 4.78 is 0. The first kappa shape index (κ1) is 10.5. The van der Waals surface area contributed by atoms with E-state index in [1.54, 1.807) is 0 Å². The molecule has 0 N–H and O–H groups in total. The van der Waals surface area contributed by atoms with Gasteiger partial charge in [-0.2, -0.15) is 0 Å². The van der Waals surface area contributed by atoms with Crippen LogP contribution in [0.15, 0.2) is 0 Å². The molecule has 0 aromatic carbocycles. The minimum Gasteiger partial charge on any atom is -0.134 e. The number of hydrogen-bond donors (Lipinski definition) is 0. The van der Waals surface area contributed by atoms with E-state index in [-0.39, 0.29) is 0 Å². The van der Waals surface area contributed by atoms with E-state index in [1.807, 2.05) is 0 Å². The second-order valence-corrected chi connectivity index (χ2v) is 4.71. The molecule has 0 aromatic rings. The molecule has 2 radical (unpaired) electrons. The van der Waals surface area contributed by atoms with Crippen LogP contribution in [0.25, 0.3) is 0 Å². The molecule has 0 aliphatic carbocycles. The maximum Gasteiger partial charge on any atom is 0.0653 e. The van der Waals surface area contributed by atoms with Crippen LogP contribution in [-0.2, 0) is 0 Å². The van der Waals surface area contributed by atoms with E-state index in [1.165, 1.54) is 6.42 Å². The maximum atomic E-state index is 5.41. The highest BCUT2D eigenvalue weighted by molar-refractivity contribution is 7.17. The SMILES string of the molecule is [B]CCC[C@H](P)C(C)(C)C. The summed E-state index contributed by atoms with van der Waals surface area (Å²) in [5.74, 6) is 0. The molecule has 0 rings (SSSR count). The molecule has 0 fully saturated rings. The van der Waals surface area contributed by atoms with Gasteiger partial charge >= 0.3 is 0 Å². The van der Waals surface area contributed by atoms with Crippen molar-refractivity contribution >= 4 is 17.1 Å². The molecule has 0 aromatic heterocycles. The van der Waals surface area contributed by atoms with Crippen molar-refractivity contribution in [2.45, 2.75) is 45.6 Å². The van der Waals surface area contributed by atoms with Crippen LogP contribution in [0.2, 0.25) is 6.32 Å². The third-order valence-corrected chi connectivity index (χ3v) is 3.16. The summed E-state index contributed by atoms with van der Waals surface area (Å²) in [7, 11) is 8.31. The summed E-state index contributed by atoms with van der Waals surface area (Å²) in [6.07, 6.45) is 3.19. The summed E-state index contributed by atoms with van der Waals surface area (Å²) in [5, 5.41) is 0. The smallest absolute Gasteiger partial charge is 0.0653 e. The predicted octanol–water partition coefficient (Wildman–Crippen LogP) is 2.64. The Hall–Kier alpha value is 0.495. The van der Waals surface area contributed by atoms with Crippen LogP contribution in [0.4, 0.5) is 0 Å². The van der Waals surface area contributed by atoms with Crippen LogP contribution < -0.4 is 0 Å². The van der Waals surface area contributed by atoms with Crippen molar-refractivity contribution < 1.29 is 0 Å². The maximum absolute atomic E-state index is 5.41. The average molecular weight is 156 g/mol. The lowest BCUT2D eigenvalue weighted by atomic mass is 9.87. The second-order valence-electron chi connectivity index (χ2n) is 3.90. The molecule has 1 unspecified atom stereocenters. The molecule has 0 amide bonds. The molecule has 0 aliphatic rings. The molecular weight excluding hydrogens is 138 g/mol. The fraction of sp³-hybridized carbons (Fsp3) is 1.00. The van der Waals surface area contributed by atoms with Crippen molar-refractivity contribution in [3.8, 4) is 0 Å². The zero-order valence-electron chi connectivity index (χ0n) is 7.35. The van der Waals surface area contributed by atoms with Gasteiger partial charge in [-0.15, -0.1) is 9.24 Å².